The highest BCUT2D eigenvalue weighted by Gasteiger charge is 2.19. The third-order valence-electron chi connectivity index (χ3n) is 3.33. The highest BCUT2D eigenvalue weighted by Crippen LogP contribution is 2.16. The highest BCUT2D eigenvalue weighted by atomic mass is 35.5. The van der Waals surface area contributed by atoms with Gasteiger partial charge in [0.15, 0.2) is 0 Å². The molecule has 1 amide bonds. The number of hydrogen-bond donors (Lipinski definition) is 2. The van der Waals surface area contributed by atoms with Crippen molar-refractivity contribution >= 4 is 30.1 Å². The first-order valence-corrected chi connectivity index (χ1v) is 7.82. The molecule has 1 aliphatic heterocycles. The molecular formula is C13H23ClN4OS. The Morgan fingerprint density at radius 3 is 3.00 bits per heavy atom. The number of nitrogens with one attached hydrogen (secondary N) is 2. The van der Waals surface area contributed by atoms with Gasteiger partial charge in [0.2, 0.25) is 5.91 Å². The predicted molar refractivity (Wildman–Crippen MR) is 85.5 cm³/mol. The molecule has 1 aromatic heterocycles. The molecule has 0 aliphatic carbocycles. The van der Waals surface area contributed by atoms with E-state index in [1.54, 1.807) is 4.68 Å². The summed E-state index contributed by atoms with van der Waals surface area (Å²) in [6.45, 7) is 4.97. The van der Waals surface area contributed by atoms with Gasteiger partial charge in [-0.3, -0.25) is 9.48 Å². The molecule has 114 valence electrons. The molecule has 2 heterocycles. The van der Waals surface area contributed by atoms with Gasteiger partial charge in [-0.25, -0.2) is 0 Å². The quantitative estimate of drug-likeness (QED) is 0.881. The van der Waals surface area contributed by atoms with E-state index in [1.165, 1.54) is 0 Å². The number of carbonyl (C=O) groups excluding carboxylic acids is 1. The Hall–Kier alpha value is -0.720. The lowest BCUT2D eigenvalue weighted by molar-refractivity contribution is -0.122. The molecule has 0 saturated carbocycles. The molecule has 0 radical (unpaired) electrons. The Balaban J connectivity index is 0.00000200. The zero-order chi connectivity index (χ0) is 13.8. The number of aryl methyl sites for hydroxylation is 2. The number of rotatable bonds is 4. The highest BCUT2D eigenvalue weighted by molar-refractivity contribution is 7.99. The average Bonchev–Trinajstić information content (AvgIpc) is 2.69. The SMILES string of the molecule is Cc1nn(C)cc1C(C)NC(=O)CC1CSCCN1.Cl. The smallest absolute Gasteiger partial charge is 0.222 e. The minimum atomic E-state index is 0. The van der Waals surface area contributed by atoms with Crippen LogP contribution in [-0.4, -0.2) is 39.8 Å². The average molecular weight is 319 g/mol. The lowest BCUT2D eigenvalue weighted by atomic mass is 10.1. The van der Waals surface area contributed by atoms with Crippen LogP contribution in [0, 0.1) is 6.92 Å². The van der Waals surface area contributed by atoms with E-state index in [4.69, 9.17) is 0 Å². The number of aromatic nitrogens is 2. The van der Waals surface area contributed by atoms with Crippen LogP contribution in [0.25, 0.3) is 0 Å². The van der Waals surface area contributed by atoms with Crippen molar-refractivity contribution in [3.05, 3.63) is 17.5 Å². The van der Waals surface area contributed by atoms with Crippen LogP contribution in [0.2, 0.25) is 0 Å². The minimum absolute atomic E-state index is 0. The summed E-state index contributed by atoms with van der Waals surface area (Å²) in [5.74, 6) is 2.27. The van der Waals surface area contributed by atoms with E-state index in [1.807, 2.05) is 38.9 Å². The number of hydrogen-bond acceptors (Lipinski definition) is 4. The Morgan fingerprint density at radius 2 is 2.45 bits per heavy atom. The molecule has 0 aromatic carbocycles. The van der Waals surface area contributed by atoms with Crippen LogP contribution in [-0.2, 0) is 11.8 Å². The molecule has 2 unspecified atom stereocenters. The van der Waals surface area contributed by atoms with Crippen molar-refractivity contribution in [1.82, 2.24) is 20.4 Å². The van der Waals surface area contributed by atoms with E-state index in [-0.39, 0.29) is 24.4 Å². The van der Waals surface area contributed by atoms with Crippen LogP contribution >= 0.6 is 24.2 Å². The number of carbonyl (C=O) groups is 1. The van der Waals surface area contributed by atoms with Gasteiger partial charge in [0.05, 0.1) is 11.7 Å². The van der Waals surface area contributed by atoms with Gasteiger partial charge in [-0.2, -0.15) is 16.9 Å². The lowest BCUT2D eigenvalue weighted by Crippen LogP contribution is -2.41. The molecule has 2 rings (SSSR count). The van der Waals surface area contributed by atoms with E-state index in [0.717, 1.165) is 29.3 Å². The first-order chi connectivity index (χ1) is 9.06. The summed E-state index contributed by atoms with van der Waals surface area (Å²) in [4.78, 5) is 12.0. The molecule has 1 saturated heterocycles. The molecule has 2 atom stereocenters. The number of thioether (sulfide) groups is 1. The third kappa shape index (κ3) is 4.68. The zero-order valence-corrected chi connectivity index (χ0v) is 13.8. The molecule has 1 aromatic rings. The zero-order valence-electron chi connectivity index (χ0n) is 12.2. The van der Waals surface area contributed by atoms with Crippen LogP contribution in [0.1, 0.15) is 30.6 Å². The molecule has 0 bridgehead atoms. The van der Waals surface area contributed by atoms with E-state index in [0.29, 0.717) is 12.5 Å². The van der Waals surface area contributed by atoms with Crippen molar-refractivity contribution in [1.29, 1.82) is 0 Å². The second kappa shape index (κ2) is 7.90. The molecular weight excluding hydrogens is 296 g/mol. The molecule has 20 heavy (non-hydrogen) atoms. The van der Waals surface area contributed by atoms with E-state index < -0.39 is 0 Å². The van der Waals surface area contributed by atoms with Gasteiger partial charge in [0, 0.05) is 49.3 Å². The van der Waals surface area contributed by atoms with Crippen molar-refractivity contribution in [3.63, 3.8) is 0 Å². The monoisotopic (exact) mass is 318 g/mol. The molecule has 1 aliphatic rings. The van der Waals surface area contributed by atoms with Gasteiger partial charge in [0.1, 0.15) is 0 Å². The van der Waals surface area contributed by atoms with Gasteiger partial charge in [-0.05, 0) is 13.8 Å². The fourth-order valence-electron chi connectivity index (χ4n) is 2.40. The Morgan fingerprint density at radius 1 is 1.70 bits per heavy atom. The maximum Gasteiger partial charge on any atom is 0.222 e. The first-order valence-electron chi connectivity index (χ1n) is 6.67. The number of halogens is 1. The normalized spacial score (nSPS) is 20.1. The van der Waals surface area contributed by atoms with Gasteiger partial charge in [0.25, 0.3) is 0 Å². The van der Waals surface area contributed by atoms with Gasteiger partial charge in [-0.15, -0.1) is 12.4 Å². The molecule has 7 heteroatoms. The third-order valence-corrected chi connectivity index (χ3v) is 4.46. The number of amides is 1. The summed E-state index contributed by atoms with van der Waals surface area (Å²) < 4.78 is 1.78. The van der Waals surface area contributed by atoms with Crippen LogP contribution in [0.4, 0.5) is 0 Å². The van der Waals surface area contributed by atoms with Crippen molar-refractivity contribution in [2.24, 2.45) is 7.05 Å². The molecule has 5 nitrogen and oxygen atoms in total. The standard InChI is InChI=1S/C13H22N4OS.ClH/c1-9(12-7-17(3)16-10(12)2)15-13(18)6-11-8-19-5-4-14-11;/h7,9,11,14H,4-6,8H2,1-3H3,(H,15,18);1H. The summed E-state index contributed by atoms with van der Waals surface area (Å²) in [6, 6.07) is 0.318. The molecule has 1 fully saturated rings. The summed E-state index contributed by atoms with van der Waals surface area (Å²) in [7, 11) is 1.90. The Labute approximate surface area is 130 Å². The summed E-state index contributed by atoms with van der Waals surface area (Å²) in [5.41, 5.74) is 2.06. The van der Waals surface area contributed by atoms with Gasteiger partial charge in [-0.1, -0.05) is 0 Å². The van der Waals surface area contributed by atoms with Crippen LogP contribution < -0.4 is 10.6 Å². The topological polar surface area (TPSA) is 59.0 Å². The summed E-state index contributed by atoms with van der Waals surface area (Å²) in [6.07, 6.45) is 2.52. The maximum atomic E-state index is 12.0. The number of nitrogens with zero attached hydrogens (tertiary/aromatic N) is 2. The lowest BCUT2D eigenvalue weighted by Gasteiger charge is -2.23. The Kier molecular flexibility index (Phi) is 6.85. The van der Waals surface area contributed by atoms with E-state index in [2.05, 4.69) is 15.7 Å². The molecule has 0 spiro atoms. The fraction of sp³-hybridized carbons (Fsp3) is 0.692. The van der Waals surface area contributed by atoms with Gasteiger partial charge < -0.3 is 10.6 Å². The van der Waals surface area contributed by atoms with Crippen molar-refractivity contribution in [2.75, 3.05) is 18.1 Å². The van der Waals surface area contributed by atoms with E-state index in [9.17, 15) is 4.79 Å². The van der Waals surface area contributed by atoms with Gasteiger partial charge >= 0.3 is 0 Å². The predicted octanol–water partition coefficient (Wildman–Crippen LogP) is 1.42. The Bertz CT molecular complexity index is 446. The molecule has 2 N–H and O–H groups in total. The van der Waals surface area contributed by atoms with Crippen molar-refractivity contribution in [3.8, 4) is 0 Å². The van der Waals surface area contributed by atoms with Crippen molar-refractivity contribution in [2.45, 2.75) is 32.4 Å². The van der Waals surface area contributed by atoms with Crippen LogP contribution in [0.3, 0.4) is 0 Å². The van der Waals surface area contributed by atoms with E-state index >= 15 is 0 Å². The second-order valence-corrected chi connectivity index (χ2v) is 6.21. The minimum Gasteiger partial charge on any atom is -0.349 e. The van der Waals surface area contributed by atoms with Crippen molar-refractivity contribution < 1.29 is 4.79 Å². The summed E-state index contributed by atoms with van der Waals surface area (Å²) >= 11 is 1.91. The maximum absolute atomic E-state index is 12.0. The first kappa shape index (κ1) is 17.3. The fourth-order valence-corrected chi connectivity index (χ4v) is 3.34. The summed E-state index contributed by atoms with van der Waals surface area (Å²) in [5, 5.41) is 10.7. The van der Waals surface area contributed by atoms with Crippen LogP contribution in [0.5, 0.6) is 0 Å². The second-order valence-electron chi connectivity index (χ2n) is 5.06. The van der Waals surface area contributed by atoms with Crippen LogP contribution in [0.15, 0.2) is 6.20 Å². The largest absolute Gasteiger partial charge is 0.349 e.